The molecule has 1 heterocycles. The molecule has 0 radical (unpaired) electrons. The van der Waals surface area contributed by atoms with E-state index in [0.717, 1.165) is 22.1 Å². The Morgan fingerprint density at radius 1 is 1.11 bits per heavy atom. The maximum atomic E-state index is 14.0. The molecule has 0 aliphatic heterocycles. The van der Waals surface area contributed by atoms with Crippen molar-refractivity contribution in [3.63, 3.8) is 0 Å². The lowest BCUT2D eigenvalue weighted by atomic mass is 10.2. The molecule has 1 N–H and O–H groups in total. The molecule has 0 saturated carbocycles. The molecule has 2 aromatic carbocycles. The van der Waals surface area contributed by atoms with Crippen LogP contribution in [-0.4, -0.2) is 12.1 Å². The Kier molecular flexibility index (Phi) is 7.25. The summed E-state index contributed by atoms with van der Waals surface area (Å²) in [6, 6.07) is 12.3. The normalized spacial score (nSPS) is 10.7. The molecule has 7 heteroatoms. The van der Waals surface area contributed by atoms with Crippen molar-refractivity contribution < 1.29 is 13.9 Å². The Morgan fingerprint density at radius 3 is 2.57 bits per heavy atom. The van der Waals surface area contributed by atoms with Crippen molar-refractivity contribution in [2.24, 2.45) is 0 Å². The molecule has 146 valence electrons. The number of hydrogen-bond donors (Lipinski definition) is 1. The summed E-state index contributed by atoms with van der Waals surface area (Å²) in [6.07, 6.45) is 3.54. The lowest BCUT2D eigenvalue weighted by molar-refractivity contribution is 0.277. The third-order valence-corrected chi connectivity index (χ3v) is 5.06. The summed E-state index contributed by atoms with van der Waals surface area (Å²) in [7, 11) is 1.57. The van der Waals surface area contributed by atoms with E-state index in [4.69, 9.17) is 21.1 Å². The Morgan fingerprint density at radius 2 is 1.86 bits per heavy atom. The Labute approximate surface area is 176 Å². The van der Waals surface area contributed by atoms with Gasteiger partial charge in [0.15, 0.2) is 11.5 Å². The topological polar surface area (TPSA) is 43.4 Å². The summed E-state index contributed by atoms with van der Waals surface area (Å²) in [4.78, 5) is 4.01. The molecule has 0 fully saturated rings. The molecule has 0 unspecified atom stereocenters. The van der Waals surface area contributed by atoms with Gasteiger partial charge in [-0.15, -0.1) is 0 Å². The van der Waals surface area contributed by atoms with Gasteiger partial charge in [0.1, 0.15) is 12.4 Å². The van der Waals surface area contributed by atoms with Gasteiger partial charge in [0.2, 0.25) is 0 Å². The van der Waals surface area contributed by atoms with Gasteiger partial charge >= 0.3 is 0 Å². The zero-order chi connectivity index (χ0) is 19.9. The fraction of sp³-hybridized carbons (Fsp3) is 0.190. The first-order valence-electron chi connectivity index (χ1n) is 8.60. The van der Waals surface area contributed by atoms with Crippen molar-refractivity contribution in [1.29, 1.82) is 0 Å². The largest absolute Gasteiger partial charge is 0.493 e. The van der Waals surface area contributed by atoms with Crippen molar-refractivity contribution in [2.45, 2.75) is 19.7 Å². The number of nitrogens with one attached hydrogen (secondary N) is 1. The van der Waals surface area contributed by atoms with Crippen LogP contribution in [0.5, 0.6) is 11.5 Å². The predicted molar refractivity (Wildman–Crippen MR) is 111 cm³/mol. The van der Waals surface area contributed by atoms with E-state index in [9.17, 15) is 4.39 Å². The van der Waals surface area contributed by atoms with Gasteiger partial charge in [-0.3, -0.25) is 4.98 Å². The van der Waals surface area contributed by atoms with Crippen LogP contribution in [-0.2, 0) is 19.7 Å². The molecule has 1 aromatic heterocycles. The minimum atomic E-state index is -0.403. The van der Waals surface area contributed by atoms with Crippen LogP contribution in [0.2, 0.25) is 5.02 Å². The molecule has 0 saturated heterocycles. The predicted octanol–water partition coefficient (Wildman–Crippen LogP) is 5.51. The molecule has 3 aromatic rings. The summed E-state index contributed by atoms with van der Waals surface area (Å²) in [6.45, 7) is 1.38. The number of nitrogens with zero attached hydrogens (tertiary/aromatic N) is 1. The summed E-state index contributed by atoms with van der Waals surface area (Å²) < 4.78 is 26.0. The van der Waals surface area contributed by atoms with Crippen molar-refractivity contribution in [2.75, 3.05) is 7.11 Å². The van der Waals surface area contributed by atoms with Crippen molar-refractivity contribution in [3.05, 3.63) is 86.9 Å². The Hall–Kier alpha value is -2.15. The molecule has 3 rings (SSSR count). The Bertz CT molecular complexity index is 921. The van der Waals surface area contributed by atoms with Gasteiger partial charge in [-0.2, -0.15) is 0 Å². The minimum absolute atomic E-state index is 0.000105. The highest BCUT2D eigenvalue weighted by Gasteiger charge is 2.14. The van der Waals surface area contributed by atoms with E-state index < -0.39 is 5.82 Å². The van der Waals surface area contributed by atoms with Crippen molar-refractivity contribution >= 4 is 27.5 Å². The van der Waals surface area contributed by atoms with Crippen LogP contribution in [0, 0.1) is 5.82 Å². The molecule has 0 amide bonds. The summed E-state index contributed by atoms with van der Waals surface area (Å²) >= 11 is 9.59. The molecular weight excluding hydrogens is 447 g/mol. The highest BCUT2D eigenvalue weighted by molar-refractivity contribution is 9.10. The number of rotatable bonds is 8. The van der Waals surface area contributed by atoms with E-state index in [-0.39, 0.29) is 6.61 Å². The molecule has 0 aliphatic rings. The zero-order valence-corrected chi connectivity index (χ0v) is 17.6. The smallest absolute Gasteiger partial charge is 0.175 e. The van der Waals surface area contributed by atoms with Crippen LogP contribution in [0.15, 0.2) is 59.3 Å². The van der Waals surface area contributed by atoms with Gasteiger partial charge in [-0.25, -0.2) is 4.39 Å². The first kappa shape index (κ1) is 20.6. The summed E-state index contributed by atoms with van der Waals surface area (Å²) in [5, 5.41) is 3.70. The number of hydrogen-bond acceptors (Lipinski definition) is 4. The first-order chi connectivity index (χ1) is 13.6. The highest BCUT2D eigenvalue weighted by atomic mass is 79.9. The number of aromatic nitrogens is 1. The second-order valence-electron chi connectivity index (χ2n) is 6.06. The summed E-state index contributed by atoms with van der Waals surface area (Å²) in [5.41, 5.74) is 2.48. The zero-order valence-electron chi connectivity index (χ0n) is 15.2. The average molecular weight is 466 g/mol. The van der Waals surface area contributed by atoms with Gasteiger partial charge in [0.05, 0.1) is 16.6 Å². The average Bonchev–Trinajstić information content (AvgIpc) is 2.69. The van der Waals surface area contributed by atoms with Crippen LogP contribution >= 0.6 is 27.5 Å². The maximum Gasteiger partial charge on any atom is 0.175 e. The number of halogens is 3. The van der Waals surface area contributed by atoms with E-state index in [2.05, 4.69) is 26.2 Å². The lowest BCUT2D eigenvalue weighted by Gasteiger charge is -2.15. The maximum absolute atomic E-state index is 14.0. The quantitative estimate of drug-likeness (QED) is 0.476. The number of ether oxygens (including phenoxy) is 2. The third kappa shape index (κ3) is 5.22. The van der Waals surface area contributed by atoms with E-state index in [1.54, 1.807) is 31.6 Å². The van der Waals surface area contributed by atoms with E-state index in [1.165, 1.54) is 6.07 Å². The number of pyridine rings is 1. The van der Waals surface area contributed by atoms with Crippen molar-refractivity contribution in [1.82, 2.24) is 10.3 Å². The molecule has 4 nitrogen and oxygen atoms in total. The number of methoxy groups -OCH3 is 1. The standard InChI is InChI=1S/C21H19BrClFN2O2/c1-27-20-10-15(12-26-11-14-5-7-25-8-6-14)9-17(22)21(20)28-13-16-18(23)3-2-4-19(16)24/h2-10,26H,11-13H2,1H3. The fourth-order valence-corrected chi connectivity index (χ4v) is 3.50. The second-order valence-corrected chi connectivity index (χ2v) is 7.32. The van der Waals surface area contributed by atoms with Crippen molar-refractivity contribution in [3.8, 4) is 11.5 Å². The lowest BCUT2D eigenvalue weighted by Crippen LogP contribution is -2.13. The van der Waals surface area contributed by atoms with Gasteiger partial charge in [-0.1, -0.05) is 17.7 Å². The SMILES string of the molecule is COc1cc(CNCc2ccncc2)cc(Br)c1OCc1c(F)cccc1Cl. The van der Waals surface area contributed by atoms with E-state index in [1.807, 2.05) is 24.3 Å². The summed E-state index contributed by atoms with van der Waals surface area (Å²) in [5.74, 6) is 0.654. The third-order valence-electron chi connectivity index (χ3n) is 4.12. The van der Waals surface area contributed by atoms with Gasteiger partial charge < -0.3 is 14.8 Å². The Balaban J connectivity index is 1.69. The second kappa shape index (κ2) is 9.87. The van der Waals surface area contributed by atoms with E-state index in [0.29, 0.717) is 28.6 Å². The number of benzene rings is 2. The van der Waals surface area contributed by atoms with Gasteiger partial charge in [0, 0.05) is 31.0 Å². The van der Waals surface area contributed by atoms with Crippen LogP contribution in [0.1, 0.15) is 16.7 Å². The van der Waals surface area contributed by atoms with E-state index >= 15 is 0 Å². The monoisotopic (exact) mass is 464 g/mol. The molecule has 0 bridgehead atoms. The van der Waals surface area contributed by atoms with Gasteiger partial charge in [-0.05, 0) is 63.5 Å². The molecule has 0 aliphatic carbocycles. The van der Waals surface area contributed by atoms with Crippen LogP contribution in [0.3, 0.4) is 0 Å². The molecular formula is C21H19BrClFN2O2. The van der Waals surface area contributed by atoms with Gasteiger partial charge in [0.25, 0.3) is 0 Å². The van der Waals surface area contributed by atoms with Crippen LogP contribution in [0.4, 0.5) is 4.39 Å². The van der Waals surface area contributed by atoms with Crippen LogP contribution in [0.25, 0.3) is 0 Å². The molecule has 0 atom stereocenters. The molecule has 28 heavy (non-hydrogen) atoms. The first-order valence-corrected chi connectivity index (χ1v) is 9.77. The fourth-order valence-electron chi connectivity index (χ4n) is 2.68. The molecule has 0 spiro atoms. The van der Waals surface area contributed by atoms with Crippen LogP contribution < -0.4 is 14.8 Å². The highest BCUT2D eigenvalue weighted by Crippen LogP contribution is 2.37. The minimum Gasteiger partial charge on any atom is -0.493 e.